The number of hydrogen-bond donors (Lipinski definition) is 2. The number of benzene rings is 10. The minimum Gasteiger partial charge on any atom is -0.354 e. The second-order valence-electron chi connectivity index (χ2n) is 18.3. The van der Waals surface area contributed by atoms with Gasteiger partial charge >= 0.3 is 0 Å². The van der Waals surface area contributed by atoms with Crippen molar-refractivity contribution < 1.29 is 0 Å². The van der Waals surface area contributed by atoms with Gasteiger partial charge < -0.3 is 19.1 Å². The van der Waals surface area contributed by atoms with E-state index in [0.29, 0.717) is 78.2 Å². The first kappa shape index (κ1) is 38.4. The summed E-state index contributed by atoms with van der Waals surface area (Å²) < 4.78 is 4.48. The predicted molar refractivity (Wildman–Crippen MR) is 282 cm³/mol. The number of rotatable bonds is 5. The average Bonchev–Trinajstić information content (AvgIpc) is 3.37. The van der Waals surface area contributed by atoms with E-state index >= 15 is 0 Å². The highest BCUT2D eigenvalue weighted by Gasteiger charge is 2.20. The fourth-order valence-electron chi connectivity index (χ4n) is 11.2. The fraction of sp³-hybridized carbons (Fsp3) is 0.0667. The monoisotopic (exact) mass is 878 g/mol. The normalized spacial score (nSPS) is 12.3. The Hall–Kier alpha value is -8.88. The van der Waals surface area contributed by atoms with E-state index in [0.717, 1.165) is 78.0 Å². The van der Waals surface area contributed by atoms with Crippen LogP contribution in [0.5, 0.6) is 0 Å². The molecule has 4 aromatic heterocycles. The molecule has 0 amide bonds. The highest BCUT2D eigenvalue weighted by atomic mass is 16.1. The molecular formula is C60H38N4O4. The summed E-state index contributed by atoms with van der Waals surface area (Å²) in [6.45, 7) is 1.16. The summed E-state index contributed by atoms with van der Waals surface area (Å²) in [5.74, 6) is 0. The topological polar surface area (TPSA) is 110 Å². The second-order valence-corrected chi connectivity index (χ2v) is 18.3. The number of fused-ring (bicyclic) bond motifs is 14. The van der Waals surface area contributed by atoms with E-state index in [1.165, 1.54) is 0 Å². The molecule has 4 heterocycles. The molecule has 0 fully saturated rings. The first-order valence-corrected chi connectivity index (χ1v) is 23.1. The number of H-pyrrole nitrogens is 2. The Morgan fingerprint density at radius 1 is 0.309 bits per heavy atom. The van der Waals surface area contributed by atoms with E-state index < -0.39 is 0 Å². The lowest BCUT2D eigenvalue weighted by Crippen LogP contribution is -2.16. The van der Waals surface area contributed by atoms with Crippen molar-refractivity contribution in [1.29, 1.82) is 0 Å². The molecule has 2 N–H and O–H groups in total. The van der Waals surface area contributed by atoms with Gasteiger partial charge in [0.05, 0.1) is 54.9 Å². The Balaban J connectivity index is 0.940. The van der Waals surface area contributed by atoms with E-state index in [9.17, 15) is 19.2 Å². The number of nitrogens with zero attached hydrogens (tertiary/aromatic N) is 2. The van der Waals surface area contributed by atoms with Crippen LogP contribution in [0.2, 0.25) is 0 Å². The van der Waals surface area contributed by atoms with E-state index in [4.69, 9.17) is 0 Å². The van der Waals surface area contributed by atoms with Crippen LogP contribution in [0.15, 0.2) is 189 Å². The highest BCUT2D eigenvalue weighted by molar-refractivity contribution is 6.14. The molecule has 0 saturated heterocycles. The third-order valence-corrected chi connectivity index (χ3v) is 14.5. The molecular weight excluding hydrogens is 841 g/mol. The van der Waals surface area contributed by atoms with Crippen LogP contribution >= 0.6 is 0 Å². The molecule has 0 unspecified atom stereocenters. The van der Waals surface area contributed by atoms with Crippen molar-refractivity contribution in [3.8, 4) is 0 Å². The van der Waals surface area contributed by atoms with E-state index in [1.807, 2.05) is 146 Å². The predicted octanol–water partition coefficient (Wildman–Crippen LogP) is 12.7. The minimum atomic E-state index is -0.122. The van der Waals surface area contributed by atoms with Gasteiger partial charge in [-0.05, 0) is 129 Å². The number of aryl methyl sites for hydroxylation is 2. The zero-order valence-corrected chi connectivity index (χ0v) is 36.5. The largest absolute Gasteiger partial charge is 0.354 e. The molecule has 0 bridgehead atoms. The molecule has 0 aliphatic carbocycles. The molecule has 8 heteroatoms. The zero-order valence-electron chi connectivity index (χ0n) is 36.5. The van der Waals surface area contributed by atoms with Crippen molar-refractivity contribution in [3.05, 3.63) is 211 Å². The Morgan fingerprint density at radius 3 is 1.00 bits per heavy atom. The van der Waals surface area contributed by atoms with Gasteiger partial charge in [0, 0.05) is 45.4 Å². The van der Waals surface area contributed by atoms with Crippen molar-refractivity contribution in [2.45, 2.75) is 25.9 Å². The minimum absolute atomic E-state index is 0.113. The van der Waals surface area contributed by atoms with E-state index in [2.05, 4.69) is 43.4 Å². The maximum Gasteiger partial charge on any atom is 0.199 e. The number of aromatic amines is 2. The fourth-order valence-corrected chi connectivity index (χ4v) is 11.2. The van der Waals surface area contributed by atoms with Crippen molar-refractivity contribution in [2.24, 2.45) is 0 Å². The van der Waals surface area contributed by atoms with Gasteiger partial charge in [0.15, 0.2) is 21.7 Å². The lowest BCUT2D eigenvalue weighted by atomic mass is 10.00. The molecule has 0 radical (unpaired) electrons. The first-order chi connectivity index (χ1) is 33.4. The molecule has 14 rings (SSSR count). The Bertz CT molecular complexity index is 4540. The standard InChI is InChI=1S/C60H38N4O4/c65-57-41-19-21-49-53(55(41)61-47-29-37-15-5-1-11-33(37)25-43(47)57)59(67)45-27-35-13-3-7-17-39(35)31-51(45)63(49)23-9-10-24-64-50-22-20-42-56(62-48-30-38-16-6-2-12-34(38)26-44(48)58(42)66)54(50)60(68)46-28-36-14-4-8-18-40(36)32-52(46)64/h1-8,11-22,25-32H,9-10,23-24H2,(H,61,65)(H,62,66). The van der Waals surface area contributed by atoms with Gasteiger partial charge in [-0.1, -0.05) is 97.1 Å². The van der Waals surface area contributed by atoms with Crippen LogP contribution in [0.4, 0.5) is 0 Å². The molecule has 322 valence electrons. The van der Waals surface area contributed by atoms with Gasteiger partial charge in [-0.25, -0.2) is 0 Å². The van der Waals surface area contributed by atoms with Crippen LogP contribution in [0.25, 0.3) is 130 Å². The molecule has 10 aromatic carbocycles. The lowest BCUT2D eigenvalue weighted by Gasteiger charge is -2.19. The first-order valence-electron chi connectivity index (χ1n) is 23.1. The molecule has 14 aromatic rings. The van der Waals surface area contributed by atoms with Gasteiger partial charge in [-0.2, -0.15) is 0 Å². The van der Waals surface area contributed by atoms with E-state index in [1.54, 1.807) is 0 Å². The van der Waals surface area contributed by atoms with Gasteiger partial charge in [-0.15, -0.1) is 0 Å². The maximum absolute atomic E-state index is 14.9. The summed E-state index contributed by atoms with van der Waals surface area (Å²) in [4.78, 5) is 65.5. The summed E-state index contributed by atoms with van der Waals surface area (Å²) in [7, 11) is 0. The summed E-state index contributed by atoms with van der Waals surface area (Å²) >= 11 is 0. The molecule has 0 aliphatic heterocycles. The van der Waals surface area contributed by atoms with Crippen LogP contribution in [-0.2, 0) is 13.1 Å². The zero-order chi connectivity index (χ0) is 45.4. The average molecular weight is 879 g/mol. The molecule has 0 spiro atoms. The van der Waals surface area contributed by atoms with Crippen LogP contribution in [0, 0.1) is 0 Å². The molecule has 0 saturated carbocycles. The molecule has 0 aliphatic rings. The summed E-state index contributed by atoms with van der Waals surface area (Å²) in [6.07, 6.45) is 1.45. The smallest absolute Gasteiger partial charge is 0.199 e. The molecule has 68 heavy (non-hydrogen) atoms. The number of pyridine rings is 4. The number of aromatic nitrogens is 4. The van der Waals surface area contributed by atoms with Gasteiger partial charge in [0.2, 0.25) is 0 Å². The number of hydrogen-bond acceptors (Lipinski definition) is 4. The second kappa shape index (κ2) is 14.3. The number of unbranched alkanes of at least 4 members (excludes halogenated alkanes) is 1. The van der Waals surface area contributed by atoms with Crippen molar-refractivity contribution in [1.82, 2.24) is 19.1 Å². The van der Waals surface area contributed by atoms with Crippen molar-refractivity contribution in [3.63, 3.8) is 0 Å². The van der Waals surface area contributed by atoms with Crippen LogP contribution in [-0.4, -0.2) is 19.1 Å². The van der Waals surface area contributed by atoms with Gasteiger partial charge in [0.25, 0.3) is 0 Å². The third-order valence-electron chi connectivity index (χ3n) is 14.5. The van der Waals surface area contributed by atoms with Gasteiger partial charge in [0.1, 0.15) is 0 Å². The Labute approximate surface area is 384 Å². The Morgan fingerprint density at radius 2 is 0.632 bits per heavy atom. The van der Waals surface area contributed by atoms with Crippen LogP contribution < -0.4 is 21.7 Å². The summed E-state index contributed by atoms with van der Waals surface area (Å²) in [5, 5.41) is 12.2. The lowest BCUT2D eigenvalue weighted by molar-refractivity contribution is 0.581. The number of nitrogens with one attached hydrogen (secondary N) is 2. The van der Waals surface area contributed by atoms with E-state index in [-0.39, 0.29) is 21.7 Å². The molecule has 8 nitrogen and oxygen atoms in total. The van der Waals surface area contributed by atoms with Gasteiger partial charge in [-0.3, -0.25) is 19.2 Å². The van der Waals surface area contributed by atoms with Crippen LogP contribution in [0.3, 0.4) is 0 Å². The van der Waals surface area contributed by atoms with Crippen LogP contribution in [0.1, 0.15) is 12.8 Å². The highest BCUT2D eigenvalue weighted by Crippen LogP contribution is 2.33. The van der Waals surface area contributed by atoms with Crippen molar-refractivity contribution >= 4 is 130 Å². The summed E-state index contributed by atoms with van der Waals surface area (Å²) in [5.41, 5.74) is 5.13. The quantitative estimate of drug-likeness (QED) is 0.102. The van der Waals surface area contributed by atoms with Crippen molar-refractivity contribution in [2.75, 3.05) is 0 Å². The maximum atomic E-state index is 14.9. The molecule has 0 atom stereocenters. The third kappa shape index (κ3) is 5.54. The SMILES string of the molecule is O=c1c2cc3ccccc3cc2[nH]c2c1ccc1c2c(=O)c2cc3ccccc3cc2n1CCCCn1c2cc3ccccc3cc2c(=O)c2c3[nH]c4cc5ccccc5cc4c(=O)c3ccc21. The Kier molecular flexibility index (Phi) is 8.08. The summed E-state index contributed by atoms with van der Waals surface area (Å²) in [6, 6.07) is 55.8.